The molecule has 1 fully saturated rings. The van der Waals surface area contributed by atoms with E-state index in [1.807, 2.05) is 14.1 Å². The number of halogens is 1. The standard InChI is InChI=1S/C16H33N3O3.HI/c1-17-16(18-8-4-5-10-21-13-12-20-3)19(2)9-11-22-14-15-6-7-15;/h15H,4-14H2,1-3H3,(H,17,18);1H. The van der Waals surface area contributed by atoms with Crippen LogP contribution in [0.5, 0.6) is 0 Å². The molecule has 1 saturated carbocycles. The smallest absolute Gasteiger partial charge is 0.193 e. The lowest BCUT2D eigenvalue weighted by molar-refractivity contribution is 0.0689. The third-order valence-electron chi connectivity index (χ3n) is 3.63. The average Bonchev–Trinajstić information content (AvgIpc) is 3.34. The summed E-state index contributed by atoms with van der Waals surface area (Å²) in [4.78, 5) is 6.41. The van der Waals surface area contributed by atoms with Gasteiger partial charge in [0, 0.05) is 47.5 Å². The first kappa shape index (κ1) is 22.9. The van der Waals surface area contributed by atoms with E-state index in [4.69, 9.17) is 14.2 Å². The Morgan fingerprint density at radius 3 is 2.57 bits per heavy atom. The Bertz CT molecular complexity index is 302. The maximum absolute atomic E-state index is 5.66. The second-order valence-electron chi connectivity index (χ2n) is 5.73. The number of nitrogens with one attached hydrogen (secondary N) is 1. The van der Waals surface area contributed by atoms with Crippen LogP contribution < -0.4 is 5.32 Å². The highest BCUT2D eigenvalue weighted by Gasteiger charge is 2.21. The molecule has 0 heterocycles. The van der Waals surface area contributed by atoms with Crippen molar-refractivity contribution in [1.29, 1.82) is 0 Å². The molecule has 138 valence electrons. The number of likely N-dealkylation sites (N-methyl/N-ethyl adjacent to an activating group) is 1. The van der Waals surface area contributed by atoms with Gasteiger partial charge in [-0.05, 0) is 31.6 Å². The van der Waals surface area contributed by atoms with Gasteiger partial charge in [-0.2, -0.15) is 0 Å². The van der Waals surface area contributed by atoms with Crippen molar-refractivity contribution in [2.45, 2.75) is 25.7 Å². The van der Waals surface area contributed by atoms with Crippen LogP contribution in [-0.4, -0.2) is 78.2 Å². The van der Waals surface area contributed by atoms with Gasteiger partial charge in [0.1, 0.15) is 0 Å². The normalized spacial score (nSPS) is 14.5. The molecule has 0 aromatic carbocycles. The lowest BCUT2D eigenvalue weighted by Crippen LogP contribution is -2.41. The Morgan fingerprint density at radius 1 is 1.13 bits per heavy atom. The van der Waals surface area contributed by atoms with Crippen molar-refractivity contribution < 1.29 is 14.2 Å². The molecule has 6 nitrogen and oxygen atoms in total. The zero-order valence-corrected chi connectivity index (χ0v) is 17.2. The van der Waals surface area contributed by atoms with E-state index in [1.54, 1.807) is 7.11 Å². The maximum atomic E-state index is 5.66. The number of guanidine groups is 1. The van der Waals surface area contributed by atoms with E-state index >= 15 is 0 Å². The van der Waals surface area contributed by atoms with E-state index in [-0.39, 0.29) is 24.0 Å². The molecule has 23 heavy (non-hydrogen) atoms. The summed E-state index contributed by atoms with van der Waals surface area (Å²) in [7, 11) is 5.55. The van der Waals surface area contributed by atoms with E-state index in [0.717, 1.165) is 57.6 Å². The zero-order chi connectivity index (χ0) is 16.0. The van der Waals surface area contributed by atoms with Gasteiger partial charge in [-0.25, -0.2) is 0 Å². The van der Waals surface area contributed by atoms with Crippen molar-refractivity contribution in [2.24, 2.45) is 10.9 Å². The van der Waals surface area contributed by atoms with Crippen LogP contribution in [0.2, 0.25) is 0 Å². The molecule has 1 rings (SSSR count). The lowest BCUT2D eigenvalue weighted by atomic mass is 10.3. The predicted molar refractivity (Wildman–Crippen MR) is 105 cm³/mol. The van der Waals surface area contributed by atoms with E-state index < -0.39 is 0 Å². The van der Waals surface area contributed by atoms with Crippen LogP contribution in [0.3, 0.4) is 0 Å². The van der Waals surface area contributed by atoms with Crippen molar-refractivity contribution in [3.8, 4) is 0 Å². The summed E-state index contributed by atoms with van der Waals surface area (Å²) in [6.07, 6.45) is 4.79. The fourth-order valence-electron chi connectivity index (χ4n) is 2.00. The monoisotopic (exact) mass is 443 g/mol. The second kappa shape index (κ2) is 15.4. The van der Waals surface area contributed by atoms with Crippen molar-refractivity contribution >= 4 is 29.9 Å². The fourth-order valence-corrected chi connectivity index (χ4v) is 2.00. The van der Waals surface area contributed by atoms with Crippen molar-refractivity contribution in [2.75, 3.05) is 67.3 Å². The Morgan fingerprint density at radius 2 is 1.91 bits per heavy atom. The summed E-state index contributed by atoms with van der Waals surface area (Å²) in [5.41, 5.74) is 0. The summed E-state index contributed by atoms with van der Waals surface area (Å²) in [6.45, 7) is 5.59. The molecule has 0 bridgehead atoms. The first-order valence-electron chi connectivity index (χ1n) is 8.34. The molecule has 0 aliphatic heterocycles. The van der Waals surface area contributed by atoms with Crippen LogP contribution in [0.4, 0.5) is 0 Å². The number of methoxy groups -OCH3 is 1. The van der Waals surface area contributed by atoms with Gasteiger partial charge < -0.3 is 24.4 Å². The van der Waals surface area contributed by atoms with Gasteiger partial charge in [-0.1, -0.05) is 0 Å². The number of aliphatic imine (C=N–C) groups is 1. The molecule has 1 aliphatic carbocycles. The van der Waals surface area contributed by atoms with Gasteiger partial charge in [0.25, 0.3) is 0 Å². The zero-order valence-electron chi connectivity index (χ0n) is 14.9. The molecule has 0 amide bonds. The highest BCUT2D eigenvalue weighted by Crippen LogP contribution is 2.28. The molecule has 0 saturated heterocycles. The molecular formula is C16H34IN3O3. The van der Waals surface area contributed by atoms with E-state index in [2.05, 4.69) is 15.2 Å². The molecule has 0 unspecified atom stereocenters. The van der Waals surface area contributed by atoms with Gasteiger partial charge in [0.15, 0.2) is 5.96 Å². The highest BCUT2D eigenvalue weighted by molar-refractivity contribution is 14.0. The van der Waals surface area contributed by atoms with Crippen LogP contribution in [0, 0.1) is 5.92 Å². The molecular weight excluding hydrogens is 409 g/mol. The molecule has 7 heteroatoms. The molecule has 0 aromatic rings. The summed E-state index contributed by atoms with van der Waals surface area (Å²) >= 11 is 0. The summed E-state index contributed by atoms with van der Waals surface area (Å²) in [5.74, 6) is 1.75. The predicted octanol–water partition coefficient (Wildman–Crippen LogP) is 1.98. The largest absolute Gasteiger partial charge is 0.382 e. The van der Waals surface area contributed by atoms with Crippen LogP contribution >= 0.6 is 24.0 Å². The van der Waals surface area contributed by atoms with Gasteiger partial charge in [0.2, 0.25) is 0 Å². The fraction of sp³-hybridized carbons (Fsp3) is 0.938. The average molecular weight is 443 g/mol. The number of nitrogens with zero attached hydrogens (tertiary/aromatic N) is 2. The van der Waals surface area contributed by atoms with Crippen LogP contribution in [0.1, 0.15) is 25.7 Å². The topological polar surface area (TPSA) is 55.3 Å². The Kier molecular flexibility index (Phi) is 15.3. The minimum atomic E-state index is 0. The summed E-state index contributed by atoms with van der Waals surface area (Å²) < 4.78 is 16.0. The van der Waals surface area contributed by atoms with Gasteiger partial charge in [-0.3, -0.25) is 4.99 Å². The number of hydrogen-bond donors (Lipinski definition) is 1. The lowest BCUT2D eigenvalue weighted by Gasteiger charge is -2.22. The minimum Gasteiger partial charge on any atom is -0.382 e. The number of hydrogen-bond acceptors (Lipinski definition) is 4. The number of rotatable bonds is 13. The molecule has 1 N–H and O–H groups in total. The number of unbranched alkanes of at least 4 members (excludes halogenated alkanes) is 1. The third kappa shape index (κ3) is 12.9. The van der Waals surface area contributed by atoms with Crippen molar-refractivity contribution in [1.82, 2.24) is 10.2 Å². The maximum Gasteiger partial charge on any atom is 0.193 e. The van der Waals surface area contributed by atoms with Crippen LogP contribution in [0.15, 0.2) is 4.99 Å². The highest BCUT2D eigenvalue weighted by atomic mass is 127. The van der Waals surface area contributed by atoms with Gasteiger partial charge in [0.05, 0.1) is 19.8 Å². The molecule has 0 spiro atoms. The second-order valence-corrected chi connectivity index (χ2v) is 5.73. The van der Waals surface area contributed by atoms with E-state index in [1.165, 1.54) is 12.8 Å². The third-order valence-corrected chi connectivity index (χ3v) is 3.63. The van der Waals surface area contributed by atoms with Gasteiger partial charge in [-0.15, -0.1) is 24.0 Å². The Labute approximate surface area is 158 Å². The van der Waals surface area contributed by atoms with Crippen LogP contribution in [-0.2, 0) is 14.2 Å². The minimum absolute atomic E-state index is 0. The molecule has 0 atom stereocenters. The van der Waals surface area contributed by atoms with Gasteiger partial charge >= 0.3 is 0 Å². The van der Waals surface area contributed by atoms with E-state index in [0.29, 0.717) is 13.2 Å². The Hall–Kier alpha value is -0.120. The van der Waals surface area contributed by atoms with Crippen LogP contribution in [0.25, 0.3) is 0 Å². The number of ether oxygens (including phenoxy) is 3. The quantitative estimate of drug-likeness (QED) is 0.204. The molecule has 0 radical (unpaired) electrons. The SMILES string of the molecule is CN=C(NCCCCOCCOC)N(C)CCOCC1CC1.I. The summed E-state index contributed by atoms with van der Waals surface area (Å²) in [5, 5.41) is 3.37. The Balaban J connectivity index is 0.00000484. The van der Waals surface area contributed by atoms with Crippen molar-refractivity contribution in [3.05, 3.63) is 0 Å². The van der Waals surface area contributed by atoms with Crippen molar-refractivity contribution in [3.63, 3.8) is 0 Å². The molecule has 0 aromatic heterocycles. The summed E-state index contributed by atoms with van der Waals surface area (Å²) in [6, 6.07) is 0. The van der Waals surface area contributed by atoms with E-state index in [9.17, 15) is 0 Å². The first-order valence-corrected chi connectivity index (χ1v) is 8.34. The molecule has 1 aliphatic rings. The first-order chi connectivity index (χ1) is 10.8.